The van der Waals surface area contributed by atoms with Gasteiger partial charge in [0.25, 0.3) is 0 Å². The van der Waals surface area contributed by atoms with Crippen LogP contribution in [0.25, 0.3) is 67.2 Å². The van der Waals surface area contributed by atoms with Crippen LogP contribution in [0.5, 0.6) is 0 Å². The number of aromatic nitrogens is 4. The molecule has 3 aromatic carbocycles. The third-order valence-corrected chi connectivity index (χ3v) is 6.32. The predicted molar refractivity (Wildman–Crippen MR) is 136 cm³/mol. The summed E-state index contributed by atoms with van der Waals surface area (Å²) in [5, 5.41) is 2.36. The van der Waals surface area contributed by atoms with Gasteiger partial charge in [-0.15, -0.1) is 0 Å². The number of furan rings is 1. The summed E-state index contributed by atoms with van der Waals surface area (Å²) in [7, 11) is 0. The van der Waals surface area contributed by atoms with Crippen molar-refractivity contribution in [3.63, 3.8) is 0 Å². The van der Waals surface area contributed by atoms with E-state index in [4.69, 9.17) is 9.40 Å². The highest BCUT2D eigenvalue weighted by atomic mass is 16.3. The average molecular weight is 441 g/mol. The second-order valence-corrected chi connectivity index (χ2v) is 8.32. The van der Waals surface area contributed by atoms with Crippen molar-refractivity contribution in [3.05, 3.63) is 103 Å². The number of rotatable bonds is 4. The lowest BCUT2D eigenvalue weighted by Gasteiger charge is -2.10. The molecule has 7 rings (SSSR count). The fourth-order valence-corrected chi connectivity index (χ4v) is 4.81. The maximum absolute atomic E-state index is 5.90. The normalized spacial score (nSPS) is 11.5. The number of para-hydroxylation sites is 2. The Kier molecular flexibility index (Phi) is 4.08. The molecule has 0 unspecified atom stereocenters. The molecule has 5 heteroatoms. The first-order valence-corrected chi connectivity index (χ1v) is 11.2. The Morgan fingerprint density at radius 1 is 0.676 bits per heavy atom. The fraction of sp³-hybridized carbons (Fsp3) is 0. The first-order chi connectivity index (χ1) is 16.9. The van der Waals surface area contributed by atoms with Gasteiger partial charge >= 0.3 is 0 Å². The van der Waals surface area contributed by atoms with Crippen molar-refractivity contribution in [2.75, 3.05) is 0 Å². The zero-order valence-corrected chi connectivity index (χ0v) is 18.2. The van der Waals surface area contributed by atoms with Crippen molar-refractivity contribution in [3.8, 4) is 45.4 Å². The first-order valence-electron chi connectivity index (χ1n) is 11.2. The van der Waals surface area contributed by atoms with Gasteiger partial charge in [-0.25, -0.2) is 4.98 Å². The highest BCUT2D eigenvalue weighted by Gasteiger charge is 2.27. The Hall–Kier alpha value is -4.77. The Bertz CT molecular complexity index is 1710. The van der Waals surface area contributed by atoms with Crippen LogP contribution in [0, 0.1) is 0 Å². The van der Waals surface area contributed by atoms with Crippen molar-refractivity contribution < 1.29 is 4.42 Å². The van der Waals surface area contributed by atoms with Crippen LogP contribution in [-0.4, -0.2) is 19.9 Å². The SMILES string of the molecule is c1c[nH]c(-c2[nH]c(-c3ccco3)c(-c3cccc4ccccc34)c2-c2nc3ccccc3[nH]2)c1. The average Bonchev–Trinajstić information content (AvgIpc) is 3.67. The molecule has 34 heavy (non-hydrogen) atoms. The molecule has 7 aromatic rings. The lowest BCUT2D eigenvalue weighted by Crippen LogP contribution is -1.89. The second kappa shape index (κ2) is 7.39. The van der Waals surface area contributed by atoms with Gasteiger partial charge in [-0.3, -0.25) is 0 Å². The largest absolute Gasteiger partial charge is 0.463 e. The molecule has 4 heterocycles. The number of H-pyrrole nitrogens is 3. The van der Waals surface area contributed by atoms with E-state index in [-0.39, 0.29) is 0 Å². The third kappa shape index (κ3) is 2.84. The van der Waals surface area contributed by atoms with Crippen molar-refractivity contribution >= 4 is 21.8 Å². The Labute approximate surface area is 195 Å². The van der Waals surface area contributed by atoms with E-state index in [0.29, 0.717) is 0 Å². The quantitative estimate of drug-likeness (QED) is 0.263. The number of hydrogen-bond acceptors (Lipinski definition) is 2. The molecule has 0 radical (unpaired) electrons. The van der Waals surface area contributed by atoms with E-state index >= 15 is 0 Å². The van der Waals surface area contributed by atoms with E-state index in [1.807, 2.05) is 42.6 Å². The lowest BCUT2D eigenvalue weighted by molar-refractivity contribution is 0.580. The van der Waals surface area contributed by atoms with Gasteiger partial charge in [-0.1, -0.05) is 54.6 Å². The molecule has 0 aliphatic rings. The molecule has 0 amide bonds. The Morgan fingerprint density at radius 3 is 2.41 bits per heavy atom. The van der Waals surface area contributed by atoms with Crippen LogP contribution in [0.15, 0.2) is 108 Å². The molecule has 0 aliphatic heterocycles. The van der Waals surface area contributed by atoms with Gasteiger partial charge in [0.15, 0.2) is 5.76 Å². The van der Waals surface area contributed by atoms with E-state index in [2.05, 4.69) is 69.5 Å². The molecule has 162 valence electrons. The summed E-state index contributed by atoms with van der Waals surface area (Å²) in [5.74, 6) is 1.58. The number of aromatic amines is 3. The van der Waals surface area contributed by atoms with Crippen LogP contribution < -0.4 is 0 Å². The zero-order chi connectivity index (χ0) is 22.5. The van der Waals surface area contributed by atoms with E-state index in [9.17, 15) is 0 Å². The number of nitrogens with one attached hydrogen (secondary N) is 3. The number of benzene rings is 3. The van der Waals surface area contributed by atoms with Crippen LogP contribution >= 0.6 is 0 Å². The van der Waals surface area contributed by atoms with Crippen LogP contribution in [0.3, 0.4) is 0 Å². The standard InChI is InChI=1S/C29H20N4O/c1-2-10-19-18(8-1)9-5-11-20(19)25-26(29-31-21-12-3-4-13-22(21)32-29)27(23-14-6-16-30-23)33-28(25)24-15-7-17-34-24/h1-17,30,33H,(H,31,32). The molecule has 4 aromatic heterocycles. The Balaban J connectivity index is 1.64. The highest BCUT2D eigenvalue weighted by molar-refractivity contribution is 6.07. The summed E-state index contributed by atoms with van der Waals surface area (Å²) < 4.78 is 5.90. The van der Waals surface area contributed by atoms with Gasteiger partial charge < -0.3 is 19.4 Å². The van der Waals surface area contributed by atoms with E-state index in [1.54, 1.807) is 6.26 Å². The van der Waals surface area contributed by atoms with E-state index < -0.39 is 0 Å². The number of hydrogen-bond donors (Lipinski definition) is 3. The molecule has 3 N–H and O–H groups in total. The Morgan fingerprint density at radius 2 is 1.56 bits per heavy atom. The number of fused-ring (bicyclic) bond motifs is 2. The molecule has 0 saturated carbocycles. The molecule has 0 bridgehead atoms. The van der Waals surface area contributed by atoms with Crippen molar-refractivity contribution in [2.24, 2.45) is 0 Å². The van der Waals surface area contributed by atoms with Crippen molar-refractivity contribution in [1.82, 2.24) is 19.9 Å². The lowest BCUT2D eigenvalue weighted by atomic mass is 9.93. The monoisotopic (exact) mass is 440 g/mol. The maximum atomic E-state index is 5.90. The summed E-state index contributed by atoms with van der Waals surface area (Å²) >= 11 is 0. The van der Waals surface area contributed by atoms with Crippen LogP contribution in [0.2, 0.25) is 0 Å². The minimum atomic E-state index is 0.776. The van der Waals surface area contributed by atoms with E-state index in [1.165, 1.54) is 10.8 Å². The minimum absolute atomic E-state index is 0.776. The molecule has 0 atom stereocenters. The number of imidazole rings is 1. The van der Waals surface area contributed by atoms with E-state index in [0.717, 1.165) is 56.4 Å². The van der Waals surface area contributed by atoms with Gasteiger partial charge in [0.1, 0.15) is 5.82 Å². The molecular formula is C29H20N4O. The molecule has 0 saturated heterocycles. The van der Waals surface area contributed by atoms with Crippen LogP contribution in [0.4, 0.5) is 0 Å². The summed E-state index contributed by atoms with van der Waals surface area (Å²) in [4.78, 5) is 15.6. The molecular weight excluding hydrogens is 420 g/mol. The second-order valence-electron chi connectivity index (χ2n) is 8.32. The summed E-state index contributed by atoms with van der Waals surface area (Å²) in [6.45, 7) is 0. The van der Waals surface area contributed by atoms with Gasteiger partial charge in [0.2, 0.25) is 0 Å². The molecule has 0 spiro atoms. The zero-order valence-electron chi connectivity index (χ0n) is 18.2. The van der Waals surface area contributed by atoms with Gasteiger partial charge in [0, 0.05) is 11.8 Å². The molecule has 0 fully saturated rings. The molecule has 0 aliphatic carbocycles. The van der Waals surface area contributed by atoms with Gasteiger partial charge in [-0.2, -0.15) is 0 Å². The minimum Gasteiger partial charge on any atom is -0.463 e. The van der Waals surface area contributed by atoms with Crippen molar-refractivity contribution in [2.45, 2.75) is 0 Å². The molecule has 5 nitrogen and oxygen atoms in total. The van der Waals surface area contributed by atoms with Gasteiger partial charge in [-0.05, 0) is 52.7 Å². The topological polar surface area (TPSA) is 73.4 Å². The predicted octanol–water partition coefficient (Wildman–Crippen LogP) is 7.63. The van der Waals surface area contributed by atoms with Crippen molar-refractivity contribution in [1.29, 1.82) is 0 Å². The number of nitrogens with zero attached hydrogens (tertiary/aromatic N) is 1. The third-order valence-electron chi connectivity index (χ3n) is 6.32. The smallest absolute Gasteiger partial charge is 0.150 e. The van der Waals surface area contributed by atoms with Crippen LogP contribution in [-0.2, 0) is 0 Å². The summed E-state index contributed by atoms with van der Waals surface area (Å²) in [6.07, 6.45) is 3.64. The summed E-state index contributed by atoms with van der Waals surface area (Å²) in [6, 6.07) is 31.0. The van der Waals surface area contributed by atoms with Gasteiger partial charge in [0.05, 0.1) is 39.9 Å². The summed E-state index contributed by atoms with van der Waals surface area (Å²) in [5.41, 5.74) is 7.96. The first kappa shape index (κ1) is 18.8. The van der Waals surface area contributed by atoms with Crippen LogP contribution in [0.1, 0.15) is 0 Å². The maximum Gasteiger partial charge on any atom is 0.150 e. The highest BCUT2D eigenvalue weighted by Crippen LogP contribution is 2.47. The fourth-order valence-electron chi connectivity index (χ4n) is 4.81.